The van der Waals surface area contributed by atoms with Crippen LogP contribution in [0, 0.1) is 0 Å². The molecule has 0 unspecified atom stereocenters. The zero-order valence-electron chi connectivity index (χ0n) is 19.1. The molecule has 0 aromatic heterocycles. The quantitative estimate of drug-likeness (QED) is 0.503. The molecule has 2 rings (SSSR count). The monoisotopic (exact) mass is 462 g/mol. The van der Waals surface area contributed by atoms with Crippen LogP contribution in [0.4, 0.5) is 5.69 Å². The van der Waals surface area contributed by atoms with Crippen molar-refractivity contribution in [3.63, 3.8) is 0 Å². The van der Waals surface area contributed by atoms with Gasteiger partial charge in [-0.05, 0) is 44.2 Å². The maximum atomic E-state index is 13.0. The standard InChI is InChI=1S/C23H30N2O6S/c1-6-24(7-2)32(28,29)21-15-18(13-14-20(21)30-5)23(27)31-16-22(26)25(17(3)4)19-11-9-8-10-12-19/h8-15,17H,6-7,16H2,1-5H3. The SMILES string of the molecule is CCN(CC)S(=O)(=O)c1cc(C(=O)OCC(=O)N(c2ccccc2)C(C)C)ccc1OC. The third-order valence-corrected chi connectivity index (χ3v) is 6.94. The van der Waals surface area contributed by atoms with Crippen LogP contribution in [0.25, 0.3) is 0 Å². The summed E-state index contributed by atoms with van der Waals surface area (Å²) in [7, 11) is -2.51. The van der Waals surface area contributed by atoms with Crippen molar-refractivity contribution in [2.45, 2.75) is 38.6 Å². The van der Waals surface area contributed by atoms with Gasteiger partial charge in [-0.1, -0.05) is 32.0 Å². The fourth-order valence-electron chi connectivity index (χ4n) is 3.31. The van der Waals surface area contributed by atoms with Crippen molar-refractivity contribution in [3.8, 4) is 5.75 Å². The lowest BCUT2D eigenvalue weighted by Gasteiger charge is -2.26. The Morgan fingerprint density at radius 2 is 1.62 bits per heavy atom. The Hall–Kier alpha value is -2.91. The molecular weight excluding hydrogens is 432 g/mol. The molecule has 0 N–H and O–H groups in total. The third-order valence-electron chi connectivity index (χ3n) is 4.87. The number of amides is 1. The number of rotatable bonds is 10. The van der Waals surface area contributed by atoms with Gasteiger partial charge in [-0.2, -0.15) is 4.31 Å². The maximum Gasteiger partial charge on any atom is 0.338 e. The van der Waals surface area contributed by atoms with Gasteiger partial charge in [-0.25, -0.2) is 13.2 Å². The third kappa shape index (κ3) is 5.66. The van der Waals surface area contributed by atoms with Crippen LogP contribution in [0.15, 0.2) is 53.4 Å². The number of para-hydroxylation sites is 1. The number of ether oxygens (including phenoxy) is 2. The summed E-state index contributed by atoms with van der Waals surface area (Å²) < 4.78 is 37.6. The van der Waals surface area contributed by atoms with Crippen LogP contribution in [-0.4, -0.2) is 57.4 Å². The van der Waals surface area contributed by atoms with Crippen LogP contribution in [0.1, 0.15) is 38.1 Å². The molecule has 0 aliphatic heterocycles. The highest BCUT2D eigenvalue weighted by Gasteiger charge is 2.27. The minimum Gasteiger partial charge on any atom is -0.495 e. The number of sulfonamides is 1. The minimum atomic E-state index is -3.87. The van der Waals surface area contributed by atoms with E-state index < -0.39 is 22.6 Å². The number of esters is 1. The molecule has 0 saturated carbocycles. The van der Waals surface area contributed by atoms with E-state index in [1.54, 1.807) is 26.0 Å². The van der Waals surface area contributed by atoms with Gasteiger partial charge in [0, 0.05) is 24.8 Å². The predicted octanol–water partition coefficient (Wildman–Crippen LogP) is 3.32. The van der Waals surface area contributed by atoms with Crippen molar-refractivity contribution in [2.24, 2.45) is 0 Å². The van der Waals surface area contributed by atoms with Crippen LogP contribution in [0.2, 0.25) is 0 Å². The summed E-state index contributed by atoms with van der Waals surface area (Å²) in [4.78, 5) is 26.8. The lowest BCUT2D eigenvalue weighted by Crippen LogP contribution is -2.39. The molecule has 32 heavy (non-hydrogen) atoms. The summed E-state index contributed by atoms with van der Waals surface area (Å²) in [6.07, 6.45) is 0. The molecule has 174 valence electrons. The number of hydrogen-bond acceptors (Lipinski definition) is 6. The van der Waals surface area contributed by atoms with E-state index in [4.69, 9.17) is 9.47 Å². The highest BCUT2D eigenvalue weighted by Crippen LogP contribution is 2.28. The molecule has 9 heteroatoms. The van der Waals surface area contributed by atoms with Crippen LogP contribution < -0.4 is 9.64 Å². The highest BCUT2D eigenvalue weighted by molar-refractivity contribution is 7.89. The number of methoxy groups -OCH3 is 1. The second-order valence-corrected chi connectivity index (χ2v) is 9.13. The number of carbonyl (C=O) groups excluding carboxylic acids is 2. The Labute approximate surface area is 189 Å². The van der Waals surface area contributed by atoms with E-state index in [2.05, 4.69) is 0 Å². The first kappa shape index (κ1) is 25.4. The Kier molecular flexibility index (Phi) is 8.80. The first-order chi connectivity index (χ1) is 15.2. The highest BCUT2D eigenvalue weighted by atomic mass is 32.2. The second-order valence-electron chi connectivity index (χ2n) is 7.22. The molecule has 2 aromatic carbocycles. The topological polar surface area (TPSA) is 93.2 Å². The molecule has 2 aromatic rings. The van der Waals surface area contributed by atoms with Gasteiger partial charge in [0.05, 0.1) is 12.7 Å². The molecule has 0 saturated heterocycles. The summed E-state index contributed by atoms with van der Waals surface area (Å²) in [5, 5.41) is 0. The van der Waals surface area contributed by atoms with Crippen molar-refractivity contribution in [3.05, 3.63) is 54.1 Å². The number of hydrogen-bond donors (Lipinski definition) is 0. The van der Waals surface area contributed by atoms with E-state index >= 15 is 0 Å². The lowest BCUT2D eigenvalue weighted by atomic mass is 10.2. The van der Waals surface area contributed by atoms with Crippen molar-refractivity contribution in [1.82, 2.24) is 4.31 Å². The molecule has 0 aliphatic rings. The van der Waals surface area contributed by atoms with Crippen LogP contribution in [0.5, 0.6) is 5.75 Å². The van der Waals surface area contributed by atoms with Crippen molar-refractivity contribution < 1.29 is 27.5 Å². The van der Waals surface area contributed by atoms with Crippen molar-refractivity contribution in [2.75, 3.05) is 31.7 Å². The summed E-state index contributed by atoms with van der Waals surface area (Å²) in [5.41, 5.74) is 0.709. The summed E-state index contributed by atoms with van der Waals surface area (Å²) >= 11 is 0. The van der Waals surface area contributed by atoms with Gasteiger partial charge >= 0.3 is 5.97 Å². The number of anilines is 1. The van der Waals surface area contributed by atoms with E-state index in [9.17, 15) is 18.0 Å². The fourth-order valence-corrected chi connectivity index (χ4v) is 4.95. The molecule has 0 heterocycles. The number of benzene rings is 2. The molecule has 0 fully saturated rings. The molecule has 8 nitrogen and oxygen atoms in total. The van der Waals surface area contributed by atoms with Crippen molar-refractivity contribution >= 4 is 27.6 Å². The van der Waals surface area contributed by atoms with Gasteiger partial charge in [-0.15, -0.1) is 0 Å². The van der Waals surface area contributed by atoms with Gasteiger partial charge in [0.2, 0.25) is 10.0 Å². The van der Waals surface area contributed by atoms with E-state index in [1.807, 2.05) is 32.0 Å². The van der Waals surface area contributed by atoms with E-state index in [0.717, 1.165) is 0 Å². The molecule has 1 amide bonds. The molecular formula is C23H30N2O6S. The average Bonchev–Trinajstić information content (AvgIpc) is 2.78. The van der Waals surface area contributed by atoms with Gasteiger partial charge < -0.3 is 14.4 Å². The Bertz CT molecular complexity index is 1030. The van der Waals surface area contributed by atoms with Crippen molar-refractivity contribution in [1.29, 1.82) is 0 Å². The number of carbonyl (C=O) groups is 2. The first-order valence-electron chi connectivity index (χ1n) is 10.4. The zero-order chi connectivity index (χ0) is 23.9. The van der Waals surface area contributed by atoms with Gasteiger partial charge in [0.15, 0.2) is 6.61 Å². The van der Waals surface area contributed by atoms with E-state index in [0.29, 0.717) is 5.69 Å². The van der Waals surface area contributed by atoms with Gasteiger partial charge in [-0.3, -0.25) is 4.79 Å². The molecule has 0 atom stereocenters. The molecule has 0 radical (unpaired) electrons. The Morgan fingerprint density at radius 1 is 1.00 bits per heavy atom. The normalized spacial score (nSPS) is 11.5. The van der Waals surface area contributed by atoms with E-state index in [1.165, 1.54) is 34.5 Å². The smallest absolute Gasteiger partial charge is 0.338 e. The predicted molar refractivity (Wildman–Crippen MR) is 122 cm³/mol. The van der Waals surface area contributed by atoms with Crippen LogP contribution >= 0.6 is 0 Å². The Morgan fingerprint density at radius 3 is 2.16 bits per heavy atom. The molecule has 0 bridgehead atoms. The van der Waals surface area contributed by atoms with Crippen LogP contribution in [0.3, 0.4) is 0 Å². The second kappa shape index (κ2) is 11.1. The summed E-state index contributed by atoms with van der Waals surface area (Å²) in [6, 6.07) is 13.0. The minimum absolute atomic E-state index is 0.0140. The zero-order valence-corrected chi connectivity index (χ0v) is 19.9. The largest absolute Gasteiger partial charge is 0.495 e. The number of nitrogens with zero attached hydrogens (tertiary/aromatic N) is 2. The first-order valence-corrected chi connectivity index (χ1v) is 11.8. The summed E-state index contributed by atoms with van der Waals surface area (Å²) in [6.45, 7) is 7.25. The maximum absolute atomic E-state index is 13.0. The molecule has 0 spiro atoms. The lowest BCUT2D eigenvalue weighted by molar-refractivity contribution is -0.122. The van der Waals surface area contributed by atoms with Gasteiger partial charge in [0.1, 0.15) is 10.6 Å². The summed E-state index contributed by atoms with van der Waals surface area (Å²) in [5.74, 6) is -1.06. The van der Waals surface area contributed by atoms with Crippen LogP contribution in [-0.2, 0) is 19.6 Å². The van der Waals surface area contributed by atoms with E-state index in [-0.39, 0.29) is 41.2 Å². The average molecular weight is 463 g/mol. The van der Waals surface area contributed by atoms with Gasteiger partial charge in [0.25, 0.3) is 5.91 Å². The molecule has 0 aliphatic carbocycles. The fraction of sp³-hybridized carbons (Fsp3) is 0.391. The Balaban J connectivity index is 2.24.